The van der Waals surface area contributed by atoms with E-state index in [9.17, 15) is 4.79 Å². The molecule has 27 heavy (non-hydrogen) atoms. The third kappa shape index (κ3) is 3.81. The molecular weight excluding hydrogens is 383 g/mol. The summed E-state index contributed by atoms with van der Waals surface area (Å²) in [5.41, 5.74) is 8.66. The van der Waals surface area contributed by atoms with Crippen molar-refractivity contribution in [3.63, 3.8) is 0 Å². The van der Waals surface area contributed by atoms with Crippen LogP contribution in [0, 0.1) is 0 Å². The molecule has 3 heterocycles. The lowest BCUT2D eigenvalue weighted by Gasteiger charge is -2.41. The second-order valence-electron chi connectivity index (χ2n) is 6.63. The molecule has 1 aliphatic heterocycles. The molecule has 3 aromatic rings. The summed E-state index contributed by atoms with van der Waals surface area (Å²) >= 11 is 0. The van der Waals surface area contributed by atoms with E-state index in [2.05, 4.69) is 34.9 Å². The van der Waals surface area contributed by atoms with Crippen LogP contribution in [0.4, 0.5) is 0 Å². The number of benzene rings is 1. The molecule has 1 fully saturated rings. The fourth-order valence-electron chi connectivity index (χ4n) is 3.88. The molecule has 144 valence electrons. The van der Waals surface area contributed by atoms with Crippen LogP contribution in [0.25, 0.3) is 5.65 Å². The number of hydrogen-bond acceptors (Lipinski definition) is 3. The first-order valence-corrected chi connectivity index (χ1v) is 8.70. The van der Waals surface area contributed by atoms with Gasteiger partial charge in [0.2, 0.25) is 5.91 Å². The Labute approximate surface area is 171 Å². The van der Waals surface area contributed by atoms with Crippen LogP contribution in [0.2, 0.25) is 0 Å². The third-order valence-corrected chi connectivity index (χ3v) is 5.32. The summed E-state index contributed by atoms with van der Waals surface area (Å²) in [6.45, 7) is 1.49. The van der Waals surface area contributed by atoms with Crippen LogP contribution in [-0.4, -0.2) is 39.8 Å². The number of nitrogens with zero attached hydrogens (tertiary/aromatic N) is 3. The third-order valence-electron chi connectivity index (χ3n) is 5.32. The Bertz CT molecular complexity index is 856. The Morgan fingerprint density at radius 1 is 1.04 bits per heavy atom. The molecule has 1 aromatic carbocycles. The number of rotatable bonds is 3. The largest absolute Gasteiger partial charge is 0.342 e. The van der Waals surface area contributed by atoms with Crippen molar-refractivity contribution in [1.82, 2.24) is 14.3 Å². The summed E-state index contributed by atoms with van der Waals surface area (Å²) < 4.78 is 2.07. The van der Waals surface area contributed by atoms with Crippen LogP contribution in [0.15, 0.2) is 60.9 Å². The molecule has 0 atom stereocenters. The van der Waals surface area contributed by atoms with Crippen molar-refractivity contribution in [2.24, 2.45) is 5.73 Å². The van der Waals surface area contributed by atoms with Gasteiger partial charge >= 0.3 is 0 Å². The number of amides is 1. The van der Waals surface area contributed by atoms with Crippen molar-refractivity contribution in [2.75, 3.05) is 19.6 Å². The van der Waals surface area contributed by atoms with Crippen molar-refractivity contribution in [1.29, 1.82) is 0 Å². The van der Waals surface area contributed by atoms with E-state index >= 15 is 0 Å². The van der Waals surface area contributed by atoms with Gasteiger partial charge in [0.15, 0.2) is 0 Å². The number of pyridine rings is 1. The van der Waals surface area contributed by atoms with E-state index in [-0.39, 0.29) is 42.7 Å². The number of fused-ring (bicyclic) bond motifs is 1. The normalized spacial score (nSPS) is 15.7. The number of likely N-dealkylation sites (tertiary alicyclic amines) is 1. The lowest BCUT2D eigenvalue weighted by atomic mass is 9.70. The van der Waals surface area contributed by atoms with Crippen molar-refractivity contribution in [2.45, 2.75) is 18.3 Å². The van der Waals surface area contributed by atoms with Crippen LogP contribution in [-0.2, 0) is 10.2 Å². The first-order chi connectivity index (χ1) is 12.2. The highest BCUT2D eigenvalue weighted by molar-refractivity contribution is 5.85. The first kappa shape index (κ1) is 21.2. The minimum Gasteiger partial charge on any atom is -0.342 e. The molecule has 0 unspecified atom stereocenters. The molecule has 0 radical (unpaired) electrons. The Morgan fingerprint density at radius 2 is 1.70 bits per heavy atom. The summed E-state index contributed by atoms with van der Waals surface area (Å²) in [5, 5.41) is 0. The van der Waals surface area contributed by atoms with E-state index in [1.54, 1.807) is 0 Å². The molecule has 4 rings (SSSR count). The molecular formula is C20H24Cl2N4O. The molecule has 7 heteroatoms. The maximum absolute atomic E-state index is 12.0. The molecule has 0 saturated carbocycles. The second kappa shape index (κ2) is 8.74. The average molecular weight is 407 g/mol. The summed E-state index contributed by atoms with van der Waals surface area (Å²) in [4.78, 5) is 18.8. The predicted molar refractivity (Wildman–Crippen MR) is 112 cm³/mol. The molecule has 0 bridgehead atoms. The van der Waals surface area contributed by atoms with Gasteiger partial charge in [-0.25, -0.2) is 4.98 Å². The fourth-order valence-corrected chi connectivity index (χ4v) is 3.88. The van der Waals surface area contributed by atoms with Crippen molar-refractivity contribution < 1.29 is 4.79 Å². The van der Waals surface area contributed by atoms with Crippen LogP contribution in [0.5, 0.6) is 0 Å². The number of halogens is 2. The van der Waals surface area contributed by atoms with Crippen LogP contribution >= 0.6 is 24.8 Å². The number of aromatic nitrogens is 2. The van der Waals surface area contributed by atoms with E-state index in [4.69, 9.17) is 10.7 Å². The van der Waals surface area contributed by atoms with Crippen LogP contribution < -0.4 is 5.73 Å². The Morgan fingerprint density at radius 3 is 2.33 bits per heavy atom. The van der Waals surface area contributed by atoms with Gasteiger partial charge in [0.25, 0.3) is 0 Å². The van der Waals surface area contributed by atoms with Gasteiger partial charge in [0.1, 0.15) is 5.65 Å². The zero-order valence-electron chi connectivity index (χ0n) is 15.0. The van der Waals surface area contributed by atoms with Gasteiger partial charge < -0.3 is 15.0 Å². The van der Waals surface area contributed by atoms with Crippen LogP contribution in [0.1, 0.15) is 24.1 Å². The maximum Gasteiger partial charge on any atom is 0.236 e. The molecule has 2 aromatic heterocycles. The first-order valence-electron chi connectivity index (χ1n) is 8.70. The van der Waals surface area contributed by atoms with E-state index in [1.807, 2.05) is 35.4 Å². The second-order valence-corrected chi connectivity index (χ2v) is 6.63. The maximum atomic E-state index is 12.0. The number of carbonyl (C=O) groups excluding carboxylic acids is 1. The minimum atomic E-state index is -0.168. The Balaban J connectivity index is 0.00000131. The van der Waals surface area contributed by atoms with Crippen molar-refractivity contribution in [3.05, 3.63) is 72.2 Å². The number of hydrogen-bond donors (Lipinski definition) is 1. The van der Waals surface area contributed by atoms with E-state index in [0.29, 0.717) is 13.1 Å². The molecule has 2 N–H and O–H groups in total. The van der Waals surface area contributed by atoms with E-state index in [0.717, 1.165) is 24.2 Å². The van der Waals surface area contributed by atoms with Gasteiger partial charge in [-0.05, 0) is 30.5 Å². The lowest BCUT2D eigenvalue weighted by Crippen LogP contribution is -2.47. The number of piperidine rings is 1. The van der Waals surface area contributed by atoms with Crippen LogP contribution in [0.3, 0.4) is 0 Å². The Kier molecular flexibility index (Phi) is 6.87. The summed E-state index contributed by atoms with van der Waals surface area (Å²) in [6, 6.07) is 16.6. The smallest absolute Gasteiger partial charge is 0.236 e. The summed E-state index contributed by atoms with van der Waals surface area (Å²) in [5.74, 6) is 0.0247. The molecule has 1 aliphatic rings. The molecule has 1 saturated heterocycles. The van der Waals surface area contributed by atoms with Crippen molar-refractivity contribution >= 4 is 36.4 Å². The number of imidazole rings is 1. The standard InChI is InChI=1S/C20H22N4O.2ClH/c21-14-19(25)23-12-9-20(10-13-23,16-6-2-1-3-7-16)17-15-24-11-5-4-8-18(24)22-17;;/h1-8,11,15H,9-10,12-14,21H2;2*1H. The quantitative estimate of drug-likeness (QED) is 0.726. The van der Waals surface area contributed by atoms with Gasteiger partial charge in [0.05, 0.1) is 12.2 Å². The fraction of sp³-hybridized carbons (Fsp3) is 0.300. The van der Waals surface area contributed by atoms with Crippen molar-refractivity contribution in [3.8, 4) is 0 Å². The van der Waals surface area contributed by atoms with Gasteiger partial charge in [-0.15, -0.1) is 24.8 Å². The number of nitrogens with two attached hydrogens (primary N) is 1. The minimum absolute atomic E-state index is 0. The molecule has 1 amide bonds. The van der Waals surface area contributed by atoms with Gasteiger partial charge in [-0.2, -0.15) is 0 Å². The zero-order valence-corrected chi connectivity index (χ0v) is 16.6. The topological polar surface area (TPSA) is 63.6 Å². The highest BCUT2D eigenvalue weighted by Gasteiger charge is 2.40. The zero-order chi connectivity index (χ0) is 17.3. The SMILES string of the molecule is Cl.Cl.NCC(=O)N1CCC(c2ccccc2)(c2cn3ccccc3n2)CC1. The highest BCUT2D eigenvalue weighted by atomic mass is 35.5. The van der Waals surface area contributed by atoms with Gasteiger partial charge in [-0.3, -0.25) is 4.79 Å². The van der Waals surface area contributed by atoms with Gasteiger partial charge in [0, 0.05) is 30.9 Å². The Hall–Kier alpha value is -2.08. The predicted octanol–water partition coefficient (Wildman–Crippen LogP) is 3.05. The molecule has 5 nitrogen and oxygen atoms in total. The highest BCUT2D eigenvalue weighted by Crippen LogP contribution is 2.41. The van der Waals surface area contributed by atoms with E-state index < -0.39 is 0 Å². The molecule has 0 aliphatic carbocycles. The lowest BCUT2D eigenvalue weighted by molar-refractivity contribution is -0.131. The monoisotopic (exact) mass is 406 g/mol. The average Bonchev–Trinajstić information content (AvgIpc) is 3.13. The summed E-state index contributed by atoms with van der Waals surface area (Å²) in [7, 11) is 0. The van der Waals surface area contributed by atoms with Gasteiger partial charge in [-0.1, -0.05) is 36.4 Å². The molecule has 0 spiro atoms. The van der Waals surface area contributed by atoms with E-state index in [1.165, 1.54) is 5.56 Å². The summed E-state index contributed by atoms with van der Waals surface area (Å²) in [6.07, 6.45) is 5.86. The number of carbonyl (C=O) groups is 1.